The van der Waals surface area contributed by atoms with E-state index in [4.69, 9.17) is 4.74 Å². The first-order chi connectivity index (χ1) is 6.77. The van der Waals surface area contributed by atoms with E-state index in [1.807, 2.05) is 0 Å². The summed E-state index contributed by atoms with van der Waals surface area (Å²) < 4.78 is 5.57. The fourth-order valence-corrected chi connectivity index (χ4v) is 2.10. The zero-order valence-electron chi connectivity index (χ0n) is 9.42. The maximum Gasteiger partial charge on any atom is 0.138 e. The van der Waals surface area contributed by atoms with E-state index in [-0.39, 0.29) is 12.0 Å². The van der Waals surface area contributed by atoms with E-state index in [1.165, 1.54) is 6.42 Å². The Bertz CT molecular complexity index is 167. The van der Waals surface area contributed by atoms with E-state index in [0.29, 0.717) is 12.2 Å². The molecule has 0 amide bonds. The maximum atomic E-state index is 11.8. The van der Waals surface area contributed by atoms with Crippen LogP contribution in [0, 0.1) is 5.92 Å². The molecule has 1 atom stereocenters. The number of Topliss-reactive ketones (excluding diaryl/α,β-unsaturated/α-hetero) is 1. The van der Waals surface area contributed by atoms with E-state index >= 15 is 0 Å². The number of ketones is 1. The van der Waals surface area contributed by atoms with Crippen molar-refractivity contribution in [2.75, 3.05) is 6.61 Å². The molecule has 0 radical (unpaired) electrons. The van der Waals surface area contributed by atoms with Gasteiger partial charge in [-0.25, -0.2) is 0 Å². The van der Waals surface area contributed by atoms with Crippen molar-refractivity contribution < 1.29 is 9.53 Å². The number of carbonyl (C=O) groups excluding carboxylic acids is 1. The van der Waals surface area contributed by atoms with Crippen molar-refractivity contribution in [2.24, 2.45) is 5.92 Å². The maximum absolute atomic E-state index is 11.8. The molecule has 1 rings (SSSR count). The third-order valence-corrected chi connectivity index (χ3v) is 3.14. The van der Waals surface area contributed by atoms with Gasteiger partial charge in [-0.15, -0.1) is 0 Å². The van der Waals surface area contributed by atoms with Crippen LogP contribution >= 0.6 is 0 Å². The number of ether oxygens (including phenoxy) is 1. The van der Waals surface area contributed by atoms with Gasteiger partial charge in [0.05, 0.1) is 6.10 Å². The Hall–Kier alpha value is -0.370. The van der Waals surface area contributed by atoms with Gasteiger partial charge in [-0.1, -0.05) is 13.8 Å². The van der Waals surface area contributed by atoms with Gasteiger partial charge >= 0.3 is 0 Å². The van der Waals surface area contributed by atoms with Gasteiger partial charge in [0.1, 0.15) is 5.78 Å². The summed E-state index contributed by atoms with van der Waals surface area (Å²) in [5, 5.41) is 0. The highest BCUT2D eigenvalue weighted by atomic mass is 16.5. The molecule has 0 spiro atoms. The number of hydrogen-bond donors (Lipinski definition) is 0. The number of hydrogen-bond acceptors (Lipinski definition) is 2. The minimum atomic E-state index is 0.219. The quantitative estimate of drug-likeness (QED) is 0.679. The summed E-state index contributed by atoms with van der Waals surface area (Å²) in [4.78, 5) is 11.8. The van der Waals surface area contributed by atoms with Crippen LogP contribution in [0.1, 0.15) is 52.4 Å². The third kappa shape index (κ3) is 3.41. The normalized spacial score (nSPS) is 22.6. The van der Waals surface area contributed by atoms with Crippen LogP contribution in [-0.2, 0) is 9.53 Å². The van der Waals surface area contributed by atoms with Crippen molar-refractivity contribution in [1.82, 2.24) is 0 Å². The second-order valence-electron chi connectivity index (χ2n) is 4.17. The highest BCUT2D eigenvalue weighted by Gasteiger charge is 2.21. The Morgan fingerprint density at radius 2 is 2.07 bits per heavy atom. The van der Waals surface area contributed by atoms with Crippen LogP contribution in [0.25, 0.3) is 0 Å². The molecule has 2 nitrogen and oxygen atoms in total. The lowest BCUT2D eigenvalue weighted by atomic mass is 9.92. The molecule has 0 aliphatic carbocycles. The Morgan fingerprint density at radius 3 is 2.57 bits per heavy atom. The Morgan fingerprint density at radius 1 is 1.36 bits per heavy atom. The molecule has 0 aromatic rings. The van der Waals surface area contributed by atoms with Crippen molar-refractivity contribution in [2.45, 2.75) is 58.5 Å². The van der Waals surface area contributed by atoms with Crippen LogP contribution in [0.5, 0.6) is 0 Å². The monoisotopic (exact) mass is 198 g/mol. The van der Waals surface area contributed by atoms with Gasteiger partial charge < -0.3 is 4.74 Å². The van der Waals surface area contributed by atoms with Gasteiger partial charge in [0.2, 0.25) is 0 Å². The SMILES string of the molecule is CCC(CC)C(=O)CC1CCCCO1. The summed E-state index contributed by atoms with van der Waals surface area (Å²) in [7, 11) is 0. The molecule has 1 saturated heterocycles. The minimum Gasteiger partial charge on any atom is -0.378 e. The molecular formula is C12H22O2. The van der Waals surface area contributed by atoms with Crippen molar-refractivity contribution in [3.8, 4) is 0 Å². The van der Waals surface area contributed by atoms with Crippen LogP contribution in [0.3, 0.4) is 0 Å². The lowest BCUT2D eigenvalue weighted by Crippen LogP contribution is -2.25. The van der Waals surface area contributed by atoms with E-state index in [1.54, 1.807) is 0 Å². The smallest absolute Gasteiger partial charge is 0.138 e. The van der Waals surface area contributed by atoms with Gasteiger partial charge in [-0.3, -0.25) is 4.79 Å². The zero-order chi connectivity index (χ0) is 10.4. The second-order valence-corrected chi connectivity index (χ2v) is 4.17. The van der Waals surface area contributed by atoms with Crippen LogP contribution in [0.2, 0.25) is 0 Å². The molecule has 0 aromatic heterocycles. The summed E-state index contributed by atoms with van der Waals surface area (Å²) in [6.07, 6.45) is 6.27. The van der Waals surface area contributed by atoms with Gasteiger partial charge in [-0.05, 0) is 32.1 Å². The van der Waals surface area contributed by atoms with Crippen LogP contribution in [0.4, 0.5) is 0 Å². The minimum absolute atomic E-state index is 0.219. The molecule has 1 fully saturated rings. The average Bonchev–Trinajstić information content (AvgIpc) is 2.21. The van der Waals surface area contributed by atoms with Gasteiger partial charge in [0.15, 0.2) is 0 Å². The van der Waals surface area contributed by atoms with E-state index in [9.17, 15) is 4.79 Å². The van der Waals surface area contributed by atoms with E-state index < -0.39 is 0 Å². The highest BCUT2D eigenvalue weighted by Crippen LogP contribution is 2.19. The van der Waals surface area contributed by atoms with Crippen molar-refractivity contribution in [3.63, 3.8) is 0 Å². The molecule has 0 aromatic carbocycles. The summed E-state index contributed by atoms with van der Waals surface area (Å²) in [5.41, 5.74) is 0. The average molecular weight is 198 g/mol. The van der Waals surface area contributed by atoms with Crippen LogP contribution in [-0.4, -0.2) is 18.5 Å². The fourth-order valence-electron chi connectivity index (χ4n) is 2.10. The van der Waals surface area contributed by atoms with Crippen LogP contribution < -0.4 is 0 Å². The van der Waals surface area contributed by atoms with E-state index in [0.717, 1.165) is 32.3 Å². The second kappa shape index (κ2) is 6.18. The predicted octanol–water partition coefficient (Wildman–Crippen LogP) is 2.95. The van der Waals surface area contributed by atoms with Crippen molar-refractivity contribution >= 4 is 5.78 Å². The molecule has 2 heteroatoms. The van der Waals surface area contributed by atoms with Crippen molar-refractivity contribution in [1.29, 1.82) is 0 Å². The summed E-state index contributed by atoms with van der Waals surface area (Å²) in [6.45, 7) is 5.03. The summed E-state index contributed by atoms with van der Waals surface area (Å²) >= 11 is 0. The molecule has 1 aliphatic rings. The highest BCUT2D eigenvalue weighted by molar-refractivity contribution is 5.81. The molecule has 0 bridgehead atoms. The van der Waals surface area contributed by atoms with E-state index in [2.05, 4.69) is 13.8 Å². The molecule has 0 N–H and O–H groups in total. The molecule has 82 valence electrons. The molecule has 14 heavy (non-hydrogen) atoms. The topological polar surface area (TPSA) is 26.3 Å². The molecule has 1 unspecified atom stereocenters. The standard InChI is InChI=1S/C12H22O2/c1-3-10(4-2)12(13)9-11-7-5-6-8-14-11/h10-11H,3-9H2,1-2H3. The lowest BCUT2D eigenvalue weighted by Gasteiger charge is -2.23. The molecule has 1 aliphatic heterocycles. The lowest BCUT2D eigenvalue weighted by molar-refractivity contribution is -0.126. The molecule has 1 heterocycles. The summed E-state index contributed by atoms with van der Waals surface area (Å²) in [6, 6.07) is 0. The first-order valence-corrected chi connectivity index (χ1v) is 5.92. The van der Waals surface area contributed by atoms with Gasteiger partial charge in [0.25, 0.3) is 0 Å². The fraction of sp³-hybridized carbons (Fsp3) is 0.917. The first kappa shape index (κ1) is 11.7. The number of rotatable bonds is 5. The zero-order valence-corrected chi connectivity index (χ0v) is 9.42. The predicted molar refractivity (Wildman–Crippen MR) is 57.3 cm³/mol. The third-order valence-electron chi connectivity index (χ3n) is 3.14. The Balaban J connectivity index is 2.30. The molecular weight excluding hydrogens is 176 g/mol. The van der Waals surface area contributed by atoms with Crippen LogP contribution in [0.15, 0.2) is 0 Å². The summed E-state index contributed by atoms with van der Waals surface area (Å²) in [5.74, 6) is 0.669. The molecule has 0 saturated carbocycles. The van der Waals surface area contributed by atoms with Gasteiger partial charge in [-0.2, -0.15) is 0 Å². The number of carbonyl (C=O) groups is 1. The van der Waals surface area contributed by atoms with Crippen molar-refractivity contribution in [3.05, 3.63) is 0 Å². The Labute approximate surface area is 87.0 Å². The largest absolute Gasteiger partial charge is 0.378 e. The Kier molecular flexibility index (Phi) is 5.16. The van der Waals surface area contributed by atoms with Gasteiger partial charge in [0, 0.05) is 18.9 Å². The first-order valence-electron chi connectivity index (χ1n) is 5.92.